The summed E-state index contributed by atoms with van der Waals surface area (Å²) in [5, 5.41) is 13.8. The Balaban J connectivity index is 1.72. The van der Waals surface area contributed by atoms with Crippen LogP contribution in [0.3, 0.4) is 0 Å². The zero-order valence-corrected chi connectivity index (χ0v) is 20.3. The predicted molar refractivity (Wildman–Crippen MR) is 138 cm³/mol. The van der Waals surface area contributed by atoms with E-state index in [0.29, 0.717) is 9.23 Å². The van der Waals surface area contributed by atoms with E-state index in [4.69, 9.17) is 22.4 Å². The van der Waals surface area contributed by atoms with Crippen molar-refractivity contribution in [1.82, 2.24) is 14.7 Å². The first kappa shape index (κ1) is 23.3. The second-order valence-corrected chi connectivity index (χ2v) is 10.2. The van der Waals surface area contributed by atoms with Crippen LogP contribution in [0, 0.1) is 0 Å². The lowest BCUT2D eigenvalue weighted by atomic mass is 10.1. The quantitative estimate of drug-likeness (QED) is 0.257. The third kappa shape index (κ3) is 5.38. The van der Waals surface area contributed by atoms with Gasteiger partial charge in [0.2, 0.25) is 0 Å². The third-order valence-corrected chi connectivity index (χ3v) is 7.18. The minimum atomic E-state index is -0.968. The van der Waals surface area contributed by atoms with Gasteiger partial charge in [-0.1, -0.05) is 61.2 Å². The minimum absolute atomic E-state index is 0.0596. The number of hydrogen-bond acceptors (Lipinski definition) is 6. The van der Waals surface area contributed by atoms with Gasteiger partial charge in [-0.3, -0.25) is 14.5 Å². The van der Waals surface area contributed by atoms with E-state index in [0.717, 1.165) is 28.3 Å². The molecule has 1 N–H and O–H groups in total. The first-order chi connectivity index (χ1) is 16.0. The van der Waals surface area contributed by atoms with E-state index in [-0.39, 0.29) is 18.9 Å². The summed E-state index contributed by atoms with van der Waals surface area (Å²) in [6.45, 7) is 2.18. The largest absolute Gasteiger partial charge is 0.481 e. The van der Waals surface area contributed by atoms with Crippen molar-refractivity contribution in [2.75, 3.05) is 12.3 Å². The van der Waals surface area contributed by atoms with Crippen molar-refractivity contribution in [3.8, 4) is 16.9 Å². The van der Waals surface area contributed by atoms with E-state index < -0.39 is 5.97 Å². The summed E-state index contributed by atoms with van der Waals surface area (Å²) in [5.74, 6) is -0.250. The summed E-state index contributed by atoms with van der Waals surface area (Å²) in [4.78, 5) is 26.8. The number of hydrogen-bond donors (Lipinski definition) is 1. The molecule has 2 aromatic carbocycles. The highest BCUT2D eigenvalue weighted by atomic mass is 32.2. The van der Waals surface area contributed by atoms with E-state index in [9.17, 15) is 9.59 Å². The summed E-state index contributed by atoms with van der Waals surface area (Å²) in [6, 6.07) is 18.0. The van der Waals surface area contributed by atoms with E-state index in [2.05, 4.69) is 19.1 Å². The molecule has 0 atom stereocenters. The smallest absolute Gasteiger partial charge is 0.305 e. The molecule has 0 saturated carbocycles. The number of para-hydroxylation sites is 1. The summed E-state index contributed by atoms with van der Waals surface area (Å²) in [7, 11) is 0. The van der Waals surface area contributed by atoms with Crippen LogP contribution in [-0.4, -0.2) is 48.3 Å². The monoisotopic (exact) mass is 495 g/mol. The molecule has 1 aliphatic heterocycles. The molecule has 4 rings (SSSR count). The lowest BCUT2D eigenvalue weighted by Crippen LogP contribution is -2.30. The molecule has 0 spiro atoms. The number of amides is 1. The molecule has 1 saturated heterocycles. The van der Waals surface area contributed by atoms with Gasteiger partial charge in [-0.25, -0.2) is 4.68 Å². The Morgan fingerprint density at radius 3 is 2.58 bits per heavy atom. The summed E-state index contributed by atoms with van der Waals surface area (Å²) < 4.78 is 2.16. The maximum atomic E-state index is 12.9. The number of carbonyl (C=O) groups is 2. The molecule has 1 aliphatic rings. The fourth-order valence-corrected chi connectivity index (χ4v) is 5.31. The van der Waals surface area contributed by atoms with Crippen molar-refractivity contribution < 1.29 is 14.7 Å². The van der Waals surface area contributed by atoms with Gasteiger partial charge in [0.25, 0.3) is 5.91 Å². The number of nitrogens with zero attached hydrogens (tertiary/aromatic N) is 3. The van der Waals surface area contributed by atoms with Gasteiger partial charge < -0.3 is 5.11 Å². The van der Waals surface area contributed by atoms with Crippen LogP contribution in [-0.2, 0) is 9.59 Å². The fourth-order valence-electron chi connectivity index (χ4n) is 3.35. The number of aromatic nitrogens is 2. The van der Waals surface area contributed by atoms with Crippen LogP contribution in [0.1, 0.15) is 18.9 Å². The fraction of sp³-hybridized carbons (Fsp3) is 0.167. The van der Waals surface area contributed by atoms with Crippen molar-refractivity contribution in [3.63, 3.8) is 0 Å². The van der Waals surface area contributed by atoms with Crippen LogP contribution in [0.25, 0.3) is 23.0 Å². The maximum absolute atomic E-state index is 12.9. The second kappa shape index (κ2) is 10.4. The van der Waals surface area contributed by atoms with Crippen molar-refractivity contribution in [2.45, 2.75) is 18.2 Å². The molecular weight excluding hydrogens is 474 g/mol. The lowest BCUT2D eigenvalue weighted by Gasteiger charge is -2.12. The van der Waals surface area contributed by atoms with E-state index >= 15 is 0 Å². The van der Waals surface area contributed by atoms with Crippen LogP contribution in [0.15, 0.2) is 70.6 Å². The molecule has 1 amide bonds. The number of carboxylic acid groups (broad SMARTS) is 1. The molecule has 9 heteroatoms. The number of benzene rings is 2. The summed E-state index contributed by atoms with van der Waals surface area (Å²) >= 11 is 8.27. The Morgan fingerprint density at radius 2 is 1.91 bits per heavy atom. The van der Waals surface area contributed by atoms with Gasteiger partial charge in [0.15, 0.2) is 0 Å². The van der Waals surface area contributed by atoms with Crippen molar-refractivity contribution in [1.29, 1.82) is 0 Å². The van der Waals surface area contributed by atoms with Gasteiger partial charge in [0.1, 0.15) is 4.32 Å². The zero-order chi connectivity index (χ0) is 23.4. The molecule has 168 valence electrons. The Kier molecular flexibility index (Phi) is 7.32. The average Bonchev–Trinajstić information content (AvgIpc) is 3.34. The van der Waals surface area contributed by atoms with Crippen molar-refractivity contribution in [3.05, 3.63) is 71.3 Å². The third-order valence-electron chi connectivity index (χ3n) is 4.91. The number of carboxylic acids is 1. The van der Waals surface area contributed by atoms with Gasteiger partial charge in [-0.05, 0) is 36.1 Å². The highest BCUT2D eigenvalue weighted by molar-refractivity contribution is 8.26. The Hall–Kier alpha value is -2.88. The molecule has 0 aliphatic carbocycles. The van der Waals surface area contributed by atoms with Gasteiger partial charge in [0.05, 0.1) is 22.7 Å². The molecule has 0 radical (unpaired) electrons. The number of thioether (sulfide) groups is 2. The zero-order valence-electron chi connectivity index (χ0n) is 17.8. The predicted octanol–water partition coefficient (Wildman–Crippen LogP) is 5.33. The van der Waals surface area contributed by atoms with E-state index in [1.54, 1.807) is 22.5 Å². The number of carbonyl (C=O) groups excluding carboxylic acids is 1. The lowest BCUT2D eigenvalue weighted by molar-refractivity contribution is -0.137. The molecule has 0 unspecified atom stereocenters. The summed E-state index contributed by atoms with van der Waals surface area (Å²) in [6.07, 6.45) is 3.53. The normalized spacial score (nSPS) is 14.9. The molecule has 3 aromatic rings. The van der Waals surface area contributed by atoms with Gasteiger partial charge >= 0.3 is 5.97 Å². The summed E-state index contributed by atoms with van der Waals surface area (Å²) in [5.41, 5.74) is 3.39. The molecule has 33 heavy (non-hydrogen) atoms. The number of rotatable bonds is 8. The van der Waals surface area contributed by atoms with Crippen LogP contribution in [0.2, 0.25) is 0 Å². The highest BCUT2D eigenvalue weighted by Gasteiger charge is 2.32. The average molecular weight is 496 g/mol. The van der Waals surface area contributed by atoms with Crippen molar-refractivity contribution >= 4 is 58.0 Å². The molecule has 6 nitrogen and oxygen atoms in total. The molecule has 1 aromatic heterocycles. The SMILES string of the molecule is CCSc1ccc(-c2nn(-c3ccccc3)cc2C=C2SC(=S)N(CCC(=O)O)C2=O)cc1. The topological polar surface area (TPSA) is 75.4 Å². The Morgan fingerprint density at radius 1 is 1.18 bits per heavy atom. The Bertz CT molecular complexity index is 1220. The molecule has 1 fully saturated rings. The standard InChI is InChI=1S/C24H21N3O3S3/c1-2-32-19-10-8-16(9-11-19)22-17(15-27(25-22)18-6-4-3-5-7-18)14-20-23(30)26(24(31)33-20)13-12-21(28)29/h3-11,14-15H,2,12-13H2,1H3,(H,28,29). The van der Waals surface area contributed by atoms with Crippen LogP contribution >= 0.6 is 35.7 Å². The van der Waals surface area contributed by atoms with E-state index in [1.807, 2.05) is 48.7 Å². The molecule has 0 bridgehead atoms. The molecular formula is C24H21N3O3S3. The van der Waals surface area contributed by atoms with Gasteiger partial charge in [-0.2, -0.15) is 5.10 Å². The van der Waals surface area contributed by atoms with Crippen LogP contribution in [0.5, 0.6) is 0 Å². The second-order valence-electron chi connectivity index (χ2n) is 7.15. The molecule has 2 heterocycles. The van der Waals surface area contributed by atoms with Crippen LogP contribution < -0.4 is 0 Å². The first-order valence-electron chi connectivity index (χ1n) is 10.3. The van der Waals surface area contributed by atoms with Crippen molar-refractivity contribution in [2.24, 2.45) is 0 Å². The minimum Gasteiger partial charge on any atom is -0.481 e. The Labute approximate surface area is 205 Å². The maximum Gasteiger partial charge on any atom is 0.305 e. The van der Waals surface area contributed by atoms with E-state index in [1.165, 1.54) is 21.6 Å². The number of thiocarbonyl (C=S) groups is 1. The highest BCUT2D eigenvalue weighted by Crippen LogP contribution is 2.35. The first-order valence-corrected chi connectivity index (χ1v) is 12.5. The van der Waals surface area contributed by atoms with Gasteiger partial charge in [-0.15, -0.1) is 11.8 Å². The number of aliphatic carboxylic acids is 1. The van der Waals surface area contributed by atoms with Crippen LogP contribution in [0.4, 0.5) is 0 Å². The van der Waals surface area contributed by atoms with Gasteiger partial charge in [0, 0.05) is 28.8 Å².